The maximum absolute atomic E-state index is 15.3. The van der Waals surface area contributed by atoms with E-state index in [1.54, 1.807) is 12.4 Å². The number of ether oxygens (including phenoxy) is 1. The lowest BCUT2D eigenvalue weighted by atomic mass is 9.74. The minimum Gasteiger partial charge on any atom is -0.391 e. The standard InChI is InChI=1S/C30H31F4N3O3/c1-16-10-17(11-24(35)29(16)39)20-4-7-36-15-18(20)12-26(38)25-3-2-21(31)28(37-25)27-22(32)13-19(14-23(27)33)30(34)5-8-40-9-6-30/h2-4,7,13-17,24,29,39H,5-6,8-12,35H2,1H3/t16-,17+,24+,29+/m0/s1. The molecule has 1 saturated heterocycles. The number of ketones is 1. The highest BCUT2D eigenvalue weighted by Crippen LogP contribution is 2.40. The Kier molecular flexibility index (Phi) is 8.03. The summed E-state index contributed by atoms with van der Waals surface area (Å²) in [7, 11) is 0. The summed E-state index contributed by atoms with van der Waals surface area (Å²) in [4.78, 5) is 21.4. The largest absolute Gasteiger partial charge is 0.391 e. The molecule has 1 aliphatic carbocycles. The number of halogens is 4. The molecule has 0 spiro atoms. The van der Waals surface area contributed by atoms with Crippen LogP contribution >= 0.6 is 0 Å². The summed E-state index contributed by atoms with van der Waals surface area (Å²) in [6, 6.07) is 5.22. The molecule has 2 aromatic heterocycles. The van der Waals surface area contributed by atoms with E-state index in [4.69, 9.17) is 10.5 Å². The number of alkyl halides is 1. The summed E-state index contributed by atoms with van der Waals surface area (Å²) in [5.74, 6) is -3.88. The average Bonchev–Trinajstić information content (AvgIpc) is 2.92. The van der Waals surface area contributed by atoms with Crippen LogP contribution in [0.1, 0.15) is 65.7 Å². The van der Waals surface area contributed by atoms with Gasteiger partial charge in [-0.05, 0) is 71.7 Å². The lowest BCUT2D eigenvalue weighted by molar-refractivity contribution is -0.0117. The topological polar surface area (TPSA) is 98.3 Å². The summed E-state index contributed by atoms with van der Waals surface area (Å²) >= 11 is 0. The molecule has 0 radical (unpaired) electrons. The van der Waals surface area contributed by atoms with E-state index in [2.05, 4.69) is 9.97 Å². The molecule has 0 amide bonds. The Balaban J connectivity index is 1.42. The second-order valence-corrected chi connectivity index (χ2v) is 10.9. The van der Waals surface area contributed by atoms with E-state index in [9.17, 15) is 14.3 Å². The molecule has 10 heteroatoms. The van der Waals surface area contributed by atoms with Gasteiger partial charge in [-0.3, -0.25) is 9.78 Å². The number of hydrogen-bond acceptors (Lipinski definition) is 6. The molecule has 3 heterocycles. The van der Waals surface area contributed by atoms with Crippen molar-refractivity contribution in [2.24, 2.45) is 11.7 Å². The summed E-state index contributed by atoms with van der Waals surface area (Å²) in [5, 5.41) is 10.2. The van der Waals surface area contributed by atoms with Crippen molar-refractivity contribution in [3.8, 4) is 11.3 Å². The van der Waals surface area contributed by atoms with Gasteiger partial charge < -0.3 is 15.6 Å². The Bertz CT molecular complexity index is 1380. The number of aromatic nitrogens is 2. The smallest absolute Gasteiger partial charge is 0.185 e. The molecule has 0 unspecified atom stereocenters. The zero-order valence-electron chi connectivity index (χ0n) is 22.0. The first-order valence-electron chi connectivity index (χ1n) is 13.4. The van der Waals surface area contributed by atoms with Gasteiger partial charge in [-0.1, -0.05) is 6.92 Å². The molecule has 1 saturated carbocycles. The first kappa shape index (κ1) is 28.3. The van der Waals surface area contributed by atoms with Gasteiger partial charge in [0, 0.05) is 50.9 Å². The lowest BCUT2D eigenvalue weighted by Crippen LogP contribution is -2.44. The molecule has 5 rings (SSSR count). The molecule has 40 heavy (non-hydrogen) atoms. The highest BCUT2D eigenvalue weighted by Gasteiger charge is 2.37. The van der Waals surface area contributed by atoms with Gasteiger partial charge in [-0.15, -0.1) is 0 Å². The summed E-state index contributed by atoms with van der Waals surface area (Å²) in [6.07, 6.45) is 3.58. The molecular formula is C30H31F4N3O3. The van der Waals surface area contributed by atoms with E-state index >= 15 is 13.2 Å². The van der Waals surface area contributed by atoms with Crippen LogP contribution in [0, 0.1) is 23.4 Å². The Morgan fingerprint density at radius 3 is 2.48 bits per heavy atom. The van der Waals surface area contributed by atoms with Crippen LogP contribution < -0.4 is 5.73 Å². The molecule has 3 aromatic rings. The van der Waals surface area contributed by atoms with E-state index in [1.165, 1.54) is 0 Å². The molecule has 2 fully saturated rings. The first-order valence-corrected chi connectivity index (χ1v) is 13.4. The van der Waals surface area contributed by atoms with Gasteiger partial charge in [-0.25, -0.2) is 22.5 Å². The normalized spacial score (nSPS) is 24.6. The fourth-order valence-electron chi connectivity index (χ4n) is 5.89. The third kappa shape index (κ3) is 5.53. The van der Waals surface area contributed by atoms with Crippen LogP contribution in [-0.2, 0) is 16.8 Å². The zero-order valence-corrected chi connectivity index (χ0v) is 22.0. The third-order valence-corrected chi connectivity index (χ3v) is 8.18. The second-order valence-electron chi connectivity index (χ2n) is 10.9. The number of carbonyl (C=O) groups is 1. The first-order chi connectivity index (χ1) is 19.1. The molecule has 0 bridgehead atoms. The predicted molar refractivity (Wildman–Crippen MR) is 140 cm³/mol. The van der Waals surface area contributed by atoms with Gasteiger partial charge in [0.2, 0.25) is 0 Å². The van der Waals surface area contributed by atoms with Crippen molar-refractivity contribution in [2.75, 3.05) is 13.2 Å². The number of pyridine rings is 2. The van der Waals surface area contributed by atoms with Crippen LogP contribution in [0.4, 0.5) is 17.6 Å². The summed E-state index contributed by atoms with van der Waals surface area (Å²) < 4.78 is 65.6. The lowest BCUT2D eigenvalue weighted by Gasteiger charge is -2.36. The maximum Gasteiger partial charge on any atom is 0.185 e. The van der Waals surface area contributed by atoms with E-state index in [-0.39, 0.29) is 55.6 Å². The van der Waals surface area contributed by atoms with Crippen molar-refractivity contribution in [3.05, 3.63) is 82.6 Å². The van der Waals surface area contributed by atoms with Gasteiger partial charge in [-0.2, -0.15) is 0 Å². The average molecular weight is 558 g/mol. The molecular weight excluding hydrogens is 526 g/mol. The van der Waals surface area contributed by atoms with Crippen LogP contribution in [-0.4, -0.2) is 46.2 Å². The fraction of sp³-hybridized carbons (Fsp3) is 0.433. The Morgan fingerprint density at radius 2 is 1.80 bits per heavy atom. The van der Waals surface area contributed by atoms with Gasteiger partial charge in [0.05, 0.1) is 11.7 Å². The molecule has 6 nitrogen and oxygen atoms in total. The number of aliphatic hydroxyl groups excluding tert-OH is 1. The van der Waals surface area contributed by atoms with Gasteiger partial charge in [0.25, 0.3) is 0 Å². The van der Waals surface area contributed by atoms with E-state index in [0.717, 1.165) is 29.8 Å². The highest BCUT2D eigenvalue weighted by atomic mass is 19.1. The number of hydrogen-bond donors (Lipinski definition) is 2. The van der Waals surface area contributed by atoms with E-state index in [0.29, 0.717) is 18.4 Å². The zero-order chi connectivity index (χ0) is 28.6. The van der Waals surface area contributed by atoms with Crippen LogP contribution in [0.5, 0.6) is 0 Å². The minimum absolute atomic E-state index is 0.00664. The molecule has 212 valence electrons. The van der Waals surface area contributed by atoms with Crippen LogP contribution in [0.2, 0.25) is 0 Å². The van der Waals surface area contributed by atoms with Crippen molar-refractivity contribution in [2.45, 2.75) is 62.8 Å². The van der Waals surface area contributed by atoms with E-state index in [1.807, 2.05) is 13.0 Å². The Hall–Kier alpha value is -3.21. The predicted octanol–water partition coefficient (Wildman–Crippen LogP) is 5.16. The number of nitrogens with zero attached hydrogens (tertiary/aromatic N) is 2. The number of rotatable bonds is 6. The van der Waals surface area contributed by atoms with Crippen molar-refractivity contribution in [1.82, 2.24) is 9.97 Å². The van der Waals surface area contributed by atoms with Crippen molar-refractivity contribution < 1.29 is 32.2 Å². The van der Waals surface area contributed by atoms with Crippen LogP contribution in [0.3, 0.4) is 0 Å². The number of aliphatic hydroxyl groups is 1. The summed E-state index contributed by atoms with van der Waals surface area (Å²) in [6.45, 7) is 2.17. The van der Waals surface area contributed by atoms with Crippen LogP contribution in [0.15, 0.2) is 42.7 Å². The van der Waals surface area contributed by atoms with Crippen LogP contribution in [0.25, 0.3) is 11.3 Å². The van der Waals surface area contributed by atoms with Gasteiger partial charge in [0.15, 0.2) is 5.78 Å². The fourth-order valence-corrected chi connectivity index (χ4v) is 5.89. The van der Waals surface area contributed by atoms with Gasteiger partial charge in [0.1, 0.15) is 34.5 Å². The molecule has 2 aliphatic rings. The molecule has 3 N–H and O–H groups in total. The Labute approximate surface area is 229 Å². The number of benzene rings is 1. The molecule has 1 aromatic carbocycles. The quantitative estimate of drug-likeness (QED) is 0.321. The SMILES string of the molecule is C[C@H]1C[C@@H](c2ccncc2CC(=O)c2ccc(F)c(-c3c(F)cc(C4(F)CCOCC4)cc3F)n2)C[C@@H](N)[C@@H]1O. The monoisotopic (exact) mass is 557 g/mol. The number of nitrogens with two attached hydrogens (primary N) is 1. The number of carbonyl (C=O) groups excluding carboxylic acids is 1. The van der Waals surface area contributed by atoms with E-state index < -0.39 is 52.3 Å². The van der Waals surface area contributed by atoms with Crippen molar-refractivity contribution in [3.63, 3.8) is 0 Å². The van der Waals surface area contributed by atoms with Crippen molar-refractivity contribution >= 4 is 5.78 Å². The highest BCUT2D eigenvalue weighted by molar-refractivity contribution is 5.96. The molecule has 4 atom stereocenters. The van der Waals surface area contributed by atoms with Gasteiger partial charge >= 0.3 is 0 Å². The summed E-state index contributed by atoms with van der Waals surface area (Å²) in [5.41, 5.74) is 3.90. The Morgan fingerprint density at radius 1 is 1.10 bits per heavy atom. The number of Topliss-reactive ketones (excluding diaryl/α,β-unsaturated/α-hetero) is 1. The second kappa shape index (κ2) is 11.3. The third-order valence-electron chi connectivity index (χ3n) is 8.18. The maximum atomic E-state index is 15.3. The van der Waals surface area contributed by atoms with Crippen molar-refractivity contribution in [1.29, 1.82) is 0 Å². The minimum atomic E-state index is -1.96. The molecule has 1 aliphatic heterocycles.